The molecule has 0 unspecified atom stereocenters. The maximum Gasteiger partial charge on any atom is 0.204 e. The Morgan fingerprint density at radius 2 is 1.97 bits per heavy atom. The summed E-state index contributed by atoms with van der Waals surface area (Å²) in [6.07, 6.45) is 0.554. The highest BCUT2D eigenvalue weighted by Crippen LogP contribution is 2.29. The smallest absolute Gasteiger partial charge is 0.204 e. The van der Waals surface area contributed by atoms with E-state index in [1.54, 1.807) is 18.2 Å². The molecule has 0 N–H and O–H groups in total. The van der Waals surface area contributed by atoms with E-state index in [-0.39, 0.29) is 35.7 Å². The number of carbonyl (C=O) groups excluding carboxylic acids is 1. The predicted molar refractivity (Wildman–Crippen MR) is 104 cm³/mol. The minimum absolute atomic E-state index is 0.0958. The molecule has 1 fully saturated rings. The third-order valence-electron chi connectivity index (χ3n) is 5.20. The number of aryl methyl sites for hydroxylation is 1. The van der Waals surface area contributed by atoms with E-state index < -0.39 is 9.84 Å². The zero-order chi connectivity index (χ0) is 20.8. The molecule has 0 radical (unpaired) electrons. The van der Waals surface area contributed by atoms with Gasteiger partial charge in [0.2, 0.25) is 5.82 Å². The van der Waals surface area contributed by atoms with Crippen LogP contribution in [0, 0.1) is 19.7 Å². The summed E-state index contributed by atoms with van der Waals surface area (Å²) < 4.78 is 38.7. The van der Waals surface area contributed by atoms with Gasteiger partial charge in [0.1, 0.15) is 12.4 Å². The average molecular weight is 417 g/mol. The van der Waals surface area contributed by atoms with Crippen LogP contribution in [0.5, 0.6) is 0 Å². The van der Waals surface area contributed by atoms with Crippen LogP contribution in [0.2, 0.25) is 0 Å². The summed E-state index contributed by atoms with van der Waals surface area (Å²) in [7, 11) is -3.02. The Bertz CT molecular complexity index is 1180. The van der Waals surface area contributed by atoms with Crippen molar-refractivity contribution >= 4 is 15.6 Å². The number of halogens is 1. The first-order valence-electron chi connectivity index (χ1n) is 9.19. The third kappa shape index (κ3) is 3.84. The second-order valence-corrected chi connectivity index (χ2v) is 9.51. The fraction of sp³-hybridized carbons (Fsp3) is 0.368. The normalized spacial score (nSPS) is 18.2. The van der Waals surface area contributed by atoms with E-state index in [4.69, 9.17) is 0 Å². The first kappa shape index (κ1) is 19.4. The van der Waals surface area contributed by atoms with Crippen LogP contribution in [0.4, 0.5) is 4.39 Å². The van der Waals surface area contributed by atoms with Gasteiger partial charge in [0.15, 0.2) is 15.6 Å². The number of Topliss-reactive ketones (excluding diaryl/α,β-unsaturated/α-hetero) is 1. The summed E-state index contributed by atoms with van der Waals surface area (Å²) in [6.45, 7) is 3.60. The van der Waals surface area contributed by atoms with Crippen molar-refractivity contribution in [3.8, 4) is 11.4 Å². The fourth-order valence-electron chi connectivity index (χ4n) is 3.84. The van der Waals surface area contributed by atoms with Gasteiger partial charge in [0.25, 0.3) is 0 Å². The van der Waals surface area contributed by atoms with Crippen LogP contribution in [0.15, 0.2) is 30.3 Å². The molecule has 0 spiro atoms. The summed E-state index contributed by atoms with van der Waals surface area (Å²) >= 11 is 0. The van der Waals surface area contributed by atoms with E-state index in [2.05, 4.69) is 15.4 Å². The molecule has 0 bridgehead atoms. The molecule has 1 aliphatic heterocycles. The van der Waals surface area contributed by atoms with E-state index in [1.807, 2.05) is 18.4 Å². The minimum Gasteiger partial charge on any atom is -0.344 e. The van der Waals surface area contributed by atoms with Gasteiger partial charge in [0, 0.05) is 28.6 Å². The molecule has 1 aliphatic rings. The van der Waals surface area contributed by atoms with Crippen LogP contribution in [0.1, 0.15) is 34.2 Å². The van der Waals surface area contributed by atoms with Gasteiger partial charge < -0.3 is 4.57 Å². The molecule has 0 amide bonds. The summed E-state index contributed by atoms with van der Waals surface area (Å²) in [5, 5.41) is 12.0. The van der Waals surface area contributed by atoms with Gasteiger partial charge in [-0.3, -0.25) is 4.79 Å². The predicted octanol–water partition coefficient (Wildman–Crippen LogP) is 2.14. The molecule has 0 aliphatic carbocycles. The van der Waals surface area contributed by atoms with Crippen molar-refractivity contribution in [1.29, 1.82) is 0 Å². The van der Waals surface area contributed by atoms with Crippen LogP contribution >= 0.6 is 0 Å². The van der Waals surface area contributed by atoms with Gasteiger partial charge in [-0.1, -0.05) is 0 Å². The third-order valence-corrected chi connectivity index (χ3v) is 6.95. The van der Waals surface area contributed by atoms with Gasteiger partial charge in [-0.25, -0.2) is 12.8 Å². The molecule has 1 atom stereocenters. The van der Waals surface area contributed by atoms with Crippen molar-refractivity contribution in [1.82, 2.24) is 24.8 Å². The number of hydrogen-bond acceptors (Lipinski definition) is 6. The Labute approximate surface area is 167 Å². The van der Waals surface area contributed by atoms with Crippen LogP contribution < -0.4 is 0 Å². The number of nitrogens with zero attached hydrogens (tertiary/aromatic N) is 5. The molecule has 1 saturated heterocycles. The number of ketones is 1. The maximum absolute atomic E-state index is 13.1. The molecule has 152 valence electrons. The van der Waals surface area contributed by atoms with Gasteiger partial charge in [-0.05, 0) is 55.8 Å². The Morgan fingerprint density at radius 3 is 2.62 bits per heavy atom. The minimum atomic E-state index is -3.02. The van der Waals surface area contributed by atoms with Crippen molar-refractivity contribution in [3.63, 3.8) is 0 Å². The second kappa shape index (κ2) is 7.18. The van der Waals surface area contributed by atoms with E-state index in [1.165, 1.54) is 16.9 Å². The largest absolute Gasteiger partial charge is 0.344 e. The Hall–Kier alpha value is -2.88. The number of rotatable bonds is 5. The van der Waals surface area contributed by atoms with E-state index in [0.29, 0.717) is 23.4 Å². The van der Waals surface area contributed by atoms with Crippen molar-refractivity contribution in [2.75, 3.05) is 11.5 Å². The highest BCUT2D eigenvalue weighted by Gasteiger charge is 2.31. The summed E-state index contributed by atoms with van der Waals surface area (Å²) in [4.78, 5) is 14.0. The number of hydrogen-bond donors (Lipinski definition) is 0. The van der Waals surface area contributed by atoms with Crippen molar-refractivity contribution in [2.24, 2.45) is 0 Å². The van der Waals surface area contributed by atoms with Gasteiger partial charge in [-0.2, -0.15) is 4.80 Å². The fourth-order valence-corrected chi connectivity index (χ4v) is 5.54. The zero-order valence-electron chi connectivity index (χ0n) is 16.0. The molecule has 0 saturated carbocycles. The number of sulfone groups is 1. The number of carbonyl (C=O) groups is 1. The molecule has 3 heterocycles. The monoisotopic (exact) mass is 417 g/mol. The lowest BCUT2D eigenvalue weighted by atomic mass is 10.1. The van der Waals surface area contributed by atoms with Gasteiger partial charge in [0.05, 0.1) is 11.5 Å². The standard InChI is InChI=1S/C19H20FN5O3S/c1-12-9-17(13(2)25(12)16-7-8-29(27,28)11-16)18(26)10-24-22-19(21-23-24)14-3-5-15(20)6-4-14/h3-6,9,16H,7-8,10-11H2,1-2H3/t16-/m0/s1. The van der Waals surface area contributed by atoms with Gasteiger partial charge in [-0.15, -0.1) is 10.2 Å². The van der Waals surface area contributed by atoms with Crippen LogP contribution in [-0.4, -0.2) is 50.5 Å². The highest BCUT2D eigenvalue weighted by atomic mass is 32.2. The number of benzene rings is 1. The molecule has 3 aromatic rings. The molecule has 10 heteroatoms. The molecular formula is C19H20FN5O3S. The summed E-state index contributed by atoms with van der Waals surface area (Å²) in [6, 6.07) is 7.33. The molecule has 8 nitrogen and oxygen atoms in total. The molecule has 1 aromatic carbocycles. The second-order valence-electron chi connectivity index (χ2n) is 7.29. The molecule has 2 aromatic heterocycles. The number of aromatic nitrogens is 5. The lowest BCUT2D eigenvalue weighted by Crippen LogP contribution is -2.16. The van der Waals surface area contributed by atoms with E-state index >= 15 is 0 Å². The lowest BCUT2D eigenvalue weighted by molar-refractivity contribution is 0.0960. The van der Waals surface area contributed by atoms with E-state index in [9.17, 15) is 17.6 Å². The van der Waals surface area contributed by atoms with Crippen LogP contribution in [0.3, 0.4) is 0 Å². The van der Waals surface area contributed by atoms with Crippen molar-refractivity contribution in [2.45, 2.75) is 32.9 Å². The maximum atomic E-state index is 13.1. The van der Waals surface area contributed by atoms with Crippen molar-refractivity contribution < 1.29 is 17.6 Å². The molecular weight excluding hydrogens is 397 g/mol. The highest BCUT2D eigenvalue weighted by molar-refractivity contribution is 7.91. The van der Waals surface area contributed by atoms with Crippen LogP contribution in [-0.2, 0) is 16.4 Å². The van der Waals surface area contributed by atoms with Crippen LogP contribution in [0.25, 0.3) is 11.4 Å². The summed E-state index contributed by atoms with van der Waals surface area (Å²) in [5.74, 6) is 0.0322. The molecule has 29 heavy (non-hydrogen) atoms. The Kier molecular flexibility index (Phi) is 4.81. The molecule has 4 rings (SSSR count). The van der Waals surface area contributed by atoms with E-state index in [0.717, 1.165) is 11.4 Å². The Morgan fingerprint density at radius 1 is 1.24 bits per heavy atom. The Balaban J connectivity index is 1.54. The average Bonchev–Trinajstić information content (AvgIpc) is 3.33. The SMILES string of the molecule is Cc1cc(C(=O)Cn2nnc(-c3ccc(F)cc3)n2)c(C)n1[C@H]1CCS(=O)(=O)C1. The zero-order valence-corrected chi connectivity index (χ0v) is 16.9. The van der Waals surface area contributed by atoms with Crippen molar-refractivity contribution in [3.05, 3.63) is 53.1 Å². The first-order chi connectivity index (χ1) is 13.7. The number of tetrazole rings is 1. The first-order valence-corrected chi connectivity index (χ1v) is 11.0. The summed E-state index contributed by atoms with van der Waals surface area (Å²) in [5.41, 5.74) is 2.72. The topological polar surface area (TPSA) is 99.7 Å². The quantitative estimate of drug-likeness (QED) is 0.590. The van der Waals surface area contributed by atoms with Gasteiger partial charge >= 0.3 is 0 Å². The lowest BCUT2D eigenvalue weighted by Gasteiger charge is -2.16.